The lowest BCUT2D eigenvalue weighted by Gasteiger charge is -2.29. The molecule has 4 heteroatoms. The first-order valence-corrected chi connectivity index (χ1v) is 8.95. The molecule has 0 aliphatic rings. The summed E-state index contributed by atoms with van der Waals surface area (Å²) in [6.45, 7) is 6.36. The van der Waals surface area contributed by atoms with Crippen molar-refractivity contribution < 1.29 is 14.7 Å². The van der Waals surface area contributed by atoms with E-state index < -0.39 is 5.97 Å². The Morgan fingerprint density at radius 3 is 2.31 bits per heavy atom. The molecule has 0 bridgehead atoms. The molecule has 0 spiro atoms. The highest BCUT2D eigenvalue weighted by atomic mass is 16.4. The van der Waals surface area contributed by atoms with Crippen molar-refractivity contribution in [1.82, 2.24) is 5.32 Å². The Morgan fingerprint density at radius 1 is 1.04 bits per heavy atom. The molecule has 0 heterocycles. The van der Waals surface area contributed by atoms with Crippen LogP contribution in [0.1, 0.15) is 55.1 Å². The number of nitrogens with one attached hydrogen (secondary N) is 1. The SMILES string of the molecule is CC(CC(C)(C)c1ccccc1)NC(=O)CCc1ccccc1C(=O)O. The third-order valence-electron chi connectivity index (χ3n) is 4.65. The predicted octanol–water partition coefficient (Wildman–Crippen LogP) is 4.19. The number of hydrogen-bond acceptors (Lipinski definition) is 2. The summed E-state index contributed by atoms with van der Waals surface area (Å²) in [7, 11) is 0. The van der Waals surface area contributed by atoms with Gasteiger partial charge in [-0.2, -0.15) is 0 Å². The van der Waals surface area contributed by atoms with E-state index in [1.807, 2.05) is 25.1 Å². The van der Waals surface area contributed by atoms with Gasteiger partial charge in [-0.1, -0.05) is 62.4 Å². The normalized spacial score (nSPS) is 12.4. The van der Waals surface area contributed by atoms with Gasteiger partial charge in [0.2, 0.25) is 5.91 Å². The summed E-state index contributed by atoms with van der Waals surface area (Å²) in [4.78, 5) is 23.5. The fourth-order valence-corrected chi connectivity index (χ4v) is 3.37. The second-order valence-electron chi connectivity index (χ2n) is 7.38. The molecule has 0 saturated carbocycles. The number of benzene rings is 2. The van der Waals surface area contributed by atoms with E-state index in [0.717, 1.165) is 6.42 Å². The quantitative estimate of drug-likeness (QED) is 0.748. The summed E-state index contributed by atoms with van der Waals surface area (Å²) < 4.78 is 0. The third kappa shape index (κ3) is 5.45. The van der Waals surface area contributed by atoms with Gasteiger partial charge in [0.15, 0.2) is 0 Å². The van der Waals surface area contributed by atoms with Gasteiger partial charge in [-0.05, 0) is 42.4 Å². The van der Waals surface area contributed by atoms with Gasteiger partial charge in [-0.25, -0.2) is 4.79 Å². The summed E-state index contributed by atoms with van der Waals surface area (Å²) >= 11 is 0. The number of carboxylic acid groups (broad SMARTS) is 1. The van der Waals surface area contributed by atoms with Crippen LogP contribution in [0.15, 0.2) is 54.6 Å². The molecular weight excluding hydrogens is 326 g/mol. The first kappa shape index (κ1) is 19.7. The summed E-state index contributed by atoms with van der Waals surface area (Å²) in [5, 5.41) is 12.2. The molecule has 0 aromatic heterocycles. The molecule has 2 rings (SSSR count). The van der Waals surface area contributed by atoms with Crippen LogP contribution in [-0.4, -0.2) is 23.0 Å². The molecule has 1 unspecified atom stereocenters. The molecule has 1 amide bonds. The minimum absolute atomic E-state index is 0.0347. The topological polar surface area (TPSA) is 66.4 Å². The van der Waals surface area contributed by atoms with E-state index in [9.17, 15) is 14.7 Å². The Balaban J connectivity index is 1.89. The molecule has 4 nitrogen and oxygen atoms in total. The van der Waals surface area contributed by atoms with E-state index in [1.54, 1.807) is 24.3 Å². The second kappa shape index (κ2) is 8.65. The van der Waals surface area contributed by atoms with Crippen LogP contribution in [0.4, 0.5) is 0 Å². The average molecular weight is 353 g/mol. The molecule has 2 N–H and O–H groups in total. The van der Waals surface area contributed by atoms with E-state index in [4.69, 9.17) is 0 Å². The van der Waals surface area contributed by atoms with Crippen LogP contribution in [0.25, 0.3) is 0 Å². The lowest BCUT2D eigenvalue weighted by atomic mass is 9.79. The Hall–Kier alpha value is -2.62. The zero-order valence-corrected chi connectivity index (χ0v) is 15.7. The van der Waals surface area contributed by atoms with E-state index in [1.165, 1.54) is 5.56 Å². The van der Waals surface area contributed by atoms with Crippen molar-refractivity contribution in [3.8, 4) is 0 Å². The van der Waals surface area contributed by atoms with E-state index in [-0.39, 0.29) is 29.3 Å². The Bertz CT molecular complexity index is 753. The van der Waals surface area contributed by atoms with Crippen LogP contribution in [0.5, 0.6) is 0 Å². The molecular formula is C22H27NO3. The zero-order valence-electron chi connectivity index (χ0n) is 15.7. The van der Waals surface area contributed by atoms with Gasteiger partial charge in [-0.15, -0.1) is 0 Å². The van der Waals surface area contributed by atoms with Crippen molar-refractivity contribution in [2.45, 2.75) is 51.5 Å². The van der Waals surface area contributed by atoms with Crippen molar-refractivity contribution >= 4 is 11.9 Å². The van der Waals surface area contributed by atoms with Crippen LogP contribution in [0.3, 0.4) is 0 Å². The van der Waals surface area contributed by atoms with Crippen molar-refractivity contribution in [1.29, 1.82) is 0 Å². The number of carboxylic acids is 1. The third-order valence-corrected chi connectivity index (χ3v) is 4.65. The smallest absolute Gasteiger partial charge is 0.335 e. The van der Waals surface area contributed by atoms with Crippen LogP contribution in [0.2, 0.25) is 0 Å². The number of carbonyl (C=O) groups is 2. The highest BCUT2D eigenvalue weighted by Gasteiger charge is 2.24. The number of carbonyl (C=O) groups excluding carboxylic acids is 1. The zero-order chi connectivity index (χ0) is 19.2. The van der Waals surface area contributed by atoms with E-state index in [0.29, 0.717) is 12.0 Å². The molecule has 0 radical (unpaired) electrons. The van der Waals surface area contributed by atoms with Gasteiger partial charge in [-0.3, -0.25) is 4.79 Å². The molecule has 0 saturated heterocycles. The fraction of sp³-hybridized carbons (Fsp3) is 0.364. The molecule has 2 aromatic rings. The number of amides is 1. The molecule has 1 atom stereocenters. The van der Waals surface area contributed by atoms with Gasteiger partial charge < -0.3 is 10.4 Å². The van der Waals surface area contributed by atoms with Crippen molar-refractivity contribution in [2.75, 3.05) is 0 Å². The van der Waals surface area contributed by atoms with Gasteiger partial charge in [0, 0.05) is 12.5 Å². The van der Waals surface area contributed by atoms with Crippen LogP contribution in [0, 0.1) is 0 Å². The number of hydrogen-bond donors (Lipinski definition) is 2. The predicted molar refractivity (Wildman–Crippen MR) is 103 cm³/mol. The number of aromatic carboxylic acids is 1. The number of rotatable bonds is 8. The Morgan fingerprint density at radius 2 is 1.65 bits per heavy atom. The molecule has 26 heavy (non-hydrogen) atoms. The highest BCUT2D eigenvalue weighted by Crippen LogP contribution is 2.28. The van der Waals surface area contributed by atoms with Gasteiger partial charge in [0.1, 0.15) is 0 Å². The molecule has 138 valence electrons. The average Bonchev–Trinajstić information content (AvgIpc) is 2.60. The summed E-state index contributed by atoms with van der Waals surface area (Å²) in [6.07, 6.45) is 1.53. The second-order valence-corrected chi connectivity index (χ2v) is 7.38. The van der Waals surface area contributed by atoms with E-state index >= 15 is 0 Å². The van der Waals surface area contributed by atoms with Crippen molar-refractivity contribution in [3.63, 3.8) is 0 Å². The maximum Gasteiger partial charge on any atom is 0.335 e. The number of aryl methyl sites for hydroxylation is 1. The van der Waals surface area contributed by atoms with Crippen molar-refractivity contribution in [2.24, 2.45) is 0 Å². The molecule has 2 aromatic carbocycles. The Kier molecular flexibility index (Phi) is 6.56. The molecule has 0 aliphatic carbocycles. The maximum atomic E-state index is 12.3. The van der Waals surface area contributed by atoms with Crippen LogP contribution in [-0.2, 0) is 16.6 Å². The summed E-state index contributed by atoms with van der Waals surface area (Å²) in [5.41, 5.74) is 2.16. The van der Waals surface area contributed by atoms with Crippen LogP contribution >= 0.6 is 0 Å². The first-order chi connectivity index (χ1) is 12.3. The largest absolute Gasteiger partial charge is 0.478 e. The Labute approximate surface area is 155 Å². The lowest BCUT2D eigenvalue weighted by molar-refractivity contribution is -0.121. The lowest BCUT2D eigenvalue weighted by Crippen LogP contribution is -2.37. The van der Waals surface area contributed by atoms with Gasteiger partial charge in [0.25, 0.3) is 0 Å². The summed E-state index contributed by atoms with van der Waals surface area (Å²) in [5.74, 6) is -1.01. The summed E-state index contributed by atoms with van der Waals surface area (Å²) in [6, 6.07) is 17.1. The fourth-order valence-electron chi connectivity index (χ4n) is 3.37. The van der Waals surface area contributed by atoms with Crippen molar-refractivity contribution in [3.05, 3.63) is 71.3 Å². The van der Waals surface area contributed by atoms with Gasteiger partial charge in [0.05, 0.1) is 5.56 Å². The highest BCUT2D eigenvalue weighted by molar-refractivity contribution is 5.89. The van der Waals surface area contributed by atoms with Crippen LogP contribution < -0.4 is 5.32 Å². The monoisotopic (exact) mass is 353 g/mol. The minimum Gasteiger partial charge on any atom is -0.478 e. The molecule has 0 fully saturated rings. The standard InChI is InChI=1S/C22H27NO3/c1-16(15-22(2,3)18-10-5-4-6-11-18)23-20(24)14-13-17-9-7-8-12-19(17)21(25)26/h4-12,16H,13-15H2,1-3H3,(H,23,24)(H,25,26). The van der Waals surface area contributed by atoms with E-state index in [2.05, 4.69) is 31.3 Å². The van der Waals surface area contributed by atoms with Gasteiger partial charge >= 0.3 is 5.97 Å². The first-order valence-electron chi connectivity index (χ1n) is 8.95. The minimum atomic E-state index is -0.959. The maximum absolute atomic E-state index is 12.3. The molecule has 0 aliphatic heterocycles.